The fraction of sp³-hybridized carbons (Fsp3) is 0.0952. The largest absolute Gasteiger partial charge is 0.497 e. The molecule has 0 spiro atoms. The molecule has 0 aliphatic carbocycles. The molecule has 0 aliphatic heterocycles. The number of hydrogen-bond acceptors (Lipinski definition) is 5. The first-order valence-corrected chi connectivity index (χ1v) is 8.98. The number of primary amides is 1. The SMILES string of the molecule is COc1cc(NC(=O)Nc2ccc(-c3c(C(=O)O)c[nH]c3C(N)=O)cc2)cc(OC)c1. The van der Waals surface area contributed by atoms with Gasteiger partial charge in [-0.1, -0.05) is 12.1 Å². The molecule has 6 N–H and O–H groups in total. The molecule has 0 saturated carbocycles. The molecule has 0 saturated heterocycles. The van der Waals surface area contributed by atoms with Gasteiger partial charge in [0.05, 0.1) is 19.8 Å². The summed E-state index contributed by atoms with van der Waals surface area (Å²) in [4.78, 5) is 38.0. The van der Waals surface area contributed by atoms with Crippen LogP contribution in [-0.4, -0.2) is 42.2 Å². The Morgan fingerprint density at radius 2 is 1.52 bits per heavy atom. The van der Waals surface area contributed by atoms with Crippen LogP contribution in [0.5, 0.6) is 11.5 Å². The Balaban J connectivity index is 1.78. The van der Waals surface area contributed by atoms with E-state index in [1.807, 2.05) is 0 Å². The minimum absolute atomic E-state index is 0.0113. The topological polar surface area (TPSA) is 156 Å². The summed E-state index contributed by atoms with van der Waals surface area (Å²) in [5, 5.41) is 14.7. The monoisotopic (exact) mass is 424 g/mol. The maximum absolute atomic E-state index is 12.3. The number of aromatic amines is 1. The number of aromatic nitrogens is 1. The van der Waals surface area contributed by atoms with Crippen molar-refractivity contribution in [3.05, 3.63) is 59.9 Å². The van der Waals surface area contributed by atoms with Crippen LogP contribution in [0.25, 0.3) is 11.1 Å². The highest BCUT2D eigenvalue weighted by molar-refractivity contribution is 6.06. The number of urea groups is 1. The molecule has 3 aromatic rings. The highest BCUT2D eigenvalue weighted by Gasteiger charge is 2.21. The number of carboxylic acid groups (broad SMARTS) is 1. The first-order valence-electron chi connectivity index (χ1n) is 8.98. The highest BCUT2D eigenvalue weighted by Crippen LogP contribution is 2.29. The molecule has 1 aromatic heterocycles. The molecule has 3 rings (SSSR count). The van der Waals surface area contributed by atoms with Crippen molar-refractivity contribution in [3.63, 3.8) is 0 Å². The molecule has 1 heterocycles. The van der Waals surface area contributed by atoms with Crippen LogP contribution in [0.15, 0.2) is 48.7 Å². The Morgan fingerprint density at radius 3 is 2.03 bits per heavy atom. The van der Waals surface area contributed by atoms with Crippen molar-refractivity contribution in [2.45, 2.75) is 0 Å². The number of methoxy groups -OCH3 is 2. The van der Waals surface area contributed by atoms with Gasteiger partial charge in [-0.2, -0.15) is 0 Å². The average molecular weight is 424 g/mol. The maximum atomic E-state index is 12.3. The van der Waals surface area contributed by atoms with E-state index in [4.69, 9.17) is 15.2 Å². The number of carbonyl (C=O) groups is 3. The van der Waals surface area contributed by atoms with Gasteiger partial charge in [-0.05, 0) is 17.7 Å². The van der Waals surface area contributed by atoms with Crippen LogP contribution in [0, 0.1) is 0 Å². The molecule has 10 heteroatoms. The normalized spacial score (nSPS) is 10.3. The zero-order valence-electron chi connectivity index (χ0n) is 16.7. The smallest absolute Gasteiger partial charge is 0.337 e. The van der Waals surface area contributed by atoms with Crippen molar-refractivity contribution in [1.29, 1.82) is 0 Å². The van der Waals surface area contributed by atoms with Gasteiger partial charge < -0.3 is 35.9 Å². The van der Waals surface area contributed by atoms with Crippen LogP contribution in [0.4, 0.5) is 16.2 Å². The minimum atomic E-state index is -1.20. The van der Waals surface area contributed by atoms with Gasteiger partial charge in [0.25, 0.3) is 5.91 Å². The van der Waals surface area contributed by atoms with Crippen LogP contribution in [-0.2, 0) is 0 Å². The quantitative estimate of drug-likeness (QED) is 0.392. The van der Waals surface area contributed by atoms with E-state index in [1.54, 1.807) is 42.5 Å². The number of nitrogens with two attached hydrogens (primary N) is 1. The lowest BCUT2D eigenvalue weighted by molar-refractivity contribution is 0.0697. The Labute approximate surface area is 177 Å². The maximum Gasteiger partial charge on any atom is 0.337 e. The number of carbonyl (C=O) groups excluding carboxylic acids is 2. The van der Waals surface area contributed by atoms with E-state index in [1.165, 1.54) is 20.4 Å². The van der Waals surface area contributed by atoms with E-state index >= 15 is 0 Å². The zero-order chi connectivity index (χ0) is 22.5. The van der Waals surface area contributed by atoms with Crippen molar-refractivity contribution in [1.82, 2.24) is 4.98 Å². The molecule has 0 aliphatic rings. The highest BCUT2D eigenvalue weighted by atomic mass is 16.5. The van der Waals surface area contributed by atoms with Gasteiger partial charge in [-0.3, -0.25) is 4.79 Å². The predicted octanol–water partition coefficient (Wildman–Crippen LogP) is 3.14. The summed E-state index contributed by atoms with van der Waals surface area (Å²) in [6.45, 7) is 0. The lowest BCUT2D eigenvalue weighted by Crippen LogP contribution is -2.19. The second-order valence-electron chi connectivity index (χ2n) is 6.38. The predicted molar refractivity (Wildman–Crippen MR) is 114 cm³/mol. The molecule has 10 nitrogen and oxygen atoms in total. The van der Waals surface area contributed by atoms with Gasteiger partial charge in [0.15, 0.2) is 0 Å². The zero-order valence-corrected chi connectivity index (χ0v) is 16.7. The van der Waals surface area contributed by atoms with E-state index in [-0.39, 0.29) is 16.8 Å². The van der Waals surface area contributed by atoms with E-state index in [2.05, 4.69) is 15.6 Å². The number of hydrogen-bond donors (Lipinski definition) is 5. The molecule has 0 bridgehead atoms. The summed E-state index contributed by atoms with van der Waals surface area (Å²) < 4.78 is 10.3. The number of anilines is 2. The Morgan fingerprint density at radius 1 is 0.935 bits per heavy atom. The Hall–Kier alpha value is -4.47. The summed E-state index contributed by atoms with van der Waals surface area (Å²) in [6.07, 6.45) is 1.21. The Bertz CT molecular complexity index is 1080. The first-order chi connectivity index (χ1) is 14.8. The van der Waals surface area contributed by atoms with Crippen LogP contribution in [0.2, 0.25) is 0 Å². The van der Waals surface area contributed by atoms with Crippen molar-refractivity contribution >= 4 is 29.3 Å². The van der Waals surface area contributed by atoms with E-state index < -0.39 is 17.9 Å². The van der Waals surface area contributed by atoms with Crippen LogP contribution < -0.4 is 25.8 Å². The number of carboxylic acids is 1. The molecule has 0 atom stereocenters. The molecule has 0 radical (unpaired) electrons. The third-order valence-electron chi connectivity index (χ3n) is 4.40. The number of rotatable bonds is 7. The fourth-order valence-electron chi connectivity index (χ4n) is 2.98. The van der Waals surface area contributed by atoms with Gasteiger partial charge in [0.1, 0.15) is 17.2 Å². The first kappa shape index (κ1) is 21.2. The number of ether oxygens (including phenoxy) is 2. The van der Waals surface area contributed by atoms with Gasteiger partial charge in [0, 0.05) is 41.3 Å². The lowest BCUT2D eigenvalue weighted by Gasteiger charge is -2.11. The van der Waals surface area contributed by atoms with Crippen molar-refractivity contribution in [2.75, 3.05) is 24.9 Å². The third kappa shape index (κ3) is 4.75. The number of benzene rings is 2. The number of aromatic carboxylic acids is 1. The molecular weight excluding hydrogens is 404 g/mol. The summed E-state index contributed by atoms with van der Waals surface area (Å²) in [5.41, 5.74) is 6.78. The van der Waals surface area contributed by atoms with Gasteiger partial charge in [-0.25, -0.2) is 9.59 Å². The number of H-pyrrole nitrogens is 1. The second kappa shape index (κ2) is 8.91. The summed E-state index contributed by atoms with van der Waals surface area (Å²) in [6, 6.07) is 10.7. The number of nitrogens with one attached hydrogen (secondary N) is 3. The fourth-order valence-corrected chi connectivity index (χ4v) is 2.98. The minimum Gasteiger partial charge on any atom is -0.497 e. The standard InChI is InChI=1S/C21H20N4O6/c1-30-14-7-13(8-15(9-14)31-2)25-21(29)24-12-5-3-11(4-6-12)17-16(20(27)28)10-23-18(17)19(22)26/h3-10,23H,1-2H3,(H2,22,26)(H,27,28)(H2,24,25,29). The summed E-state index contributed by atoms with van der Waals surface area (Å²) in [5.74, 6) is -0.943. The van der Waals surface area contributed by atoms with Crippen molar-refractivity contribution < 1.29 is 29.0 Å². The van der Waals surface area contributed by atoms with Gasteiger partial charge in [0.2, 0.25) is 0 Å². The molecule has 160 valence electrons. The summed E-state index contributed by atoms with van der Waals surface area (Å²) in [7, 11) is 3.01. The third-order valence-corrected chi connectivity index (χ3v) is 4.40. The molecule has 3 amide bonds. The molecule has 0 fully saturated rings. The Kier molecular flexibility index (Phi) is 6.10. The summed E-state index contributed by atoms with van der Waals surface area (Å²) >= 11 is 0. The molecular formula is C21H20N4O6. The second-order valence-corrected chi connectivity index (χ2v) is 6.38. The average Bonchev–Trinajstić information content (AvgIpc) is 3.19. The molecule has 31 heavy (non-hydrogen) atoms. The van der Waals surface area contributed by atoms with Crippen LogP contribution in [0.3, 0.4) is 0 Å². The van der Waals surface area contributed by atoms with Crippen molar-refractivity contribution in [2.24, 2.45) is 5.73 Å². The van der Waals surface area contributed by atoms with E-state index in [0.717, 1.165) is 0 Å². The number of amides is 3. The van der Waals surface area contributed by atoms with Gasteiger partial charge in [-0.15, -0.1) is 0 Å². The van der Waals surface area contributed by atoms with Crippen LogP contribution >= 0.6 is 0 Å². The molecule has 2 aromatic carbocycles. The van der Waals surface area contributed by atoms with Gasteiger partial charge >= 0.3 is 12.0 Å². The lowest BCUT2D eigenvalue weighted by atomic mass is 10.0. The van der Waals surface area contributed by atoms with Crippen molar-refractivity contribution in [3.8, 4) is 22.6 Å². The molecule has 0 unspecified atom stereocenters. The van der Waals surface area contributed by atoms with Crippen LogP contribution in [0.1, 0.15) is 20.8 Å². The van der Waals surface area contributed by atoms with E-state index in [9.17, 15) is 19.5 Å². The van der Waals surface area contributed by atoms with E-state index in [0.29, 0.717) is 28.4 Å².